The first-order chi connectivity index (χ1) is 12.7. The lowest BCUT2D eigenvalue weighted by Crippen LogP contribution is -2.30. The van der Waals surface area contributed by atoms with Crippen LogP contribution in [0.5, 0.6) is 0 Å². The maximum absolute atomic E-state index is 13.4. The van der Waals surface area contributed by atoms with Gasteiger partial charge in [0.2, 0.25) is 0 Å². The number of rotatable bonds is 6. The molecule has 0 amide bonds. The Morgan fingerprint density at radius 2 is 1.77 bits per heavy atom. The highest BCUT2D eigenvalue weighted by atomic mass is 16.3. The zero-order valence-corrected chi connectivity index (χ0v) is 14.5. The molecule has 0 radical (unpaired) electrons. The van der Waals surface area contributed by atoms with Crippen molar-refractivity contribution in [3.05, 3.63) is 96.1 Å². The van der Waals surface area contributed by atoms with E-state index < -0.39 is 6.04 Å². The quantitative estimate of drug-likeness (QED) is 0.482. The molecule has 4 nitrogen and oxygen atoms in total. The molecular formula is C22H20N2O2. The predicted octanol–water partition coefficient (Wildman–Crippen LogP) is 5.04. The fourth-order valence-corrected chi connectivity index (χ4v) is 3.27. The summed E-state index contributed by atoms with van der Waals surface area (Å²) in [5.41, 5.74) is 2.58. The first-order valence-electron chi connectivity index (χ1n) is 8.69. The molecule has 0 aliphatic carbocycles. The van der Waals surface area contributed by atoms with Gasteiger partial charge in [-0.15, -0.1) is 0 Å². The number of benzene rings is 2. The number of nitrogens with one attached hydrogen (secondary N) is 2. The number of hydrogen-bond acceptors (Lipinski definition) is 3. The number of carbonyl (C=O) groups excluding carboxylic acids is 1. The van der Waals surface area contributed by atoms with Gasteiger partial charge in [0.05, 0.1) is 18.3 Å². The van der Waals surface area contributed by atoms with Gasteiger partial charge in [-0.3, -0.25) is 10.1 Å². The molecule has 26 heavy (non-hydrogen) atoms. The highest BCUT2D eigenvalue weighted by molar-refractivity contribution is 6.10. The van der Waals surface area contributed by atoms with E-state index in [0.29, 0.717) is 5.56 Å². The normalized spacial score (nSPS) is 13.6. The summed E-state index contributed by atoms with van der Waals surface area (Å²) in [6.07, 6.45) is 3.44. The van der Waals surface area contributed by atoms with Gasteiger partial charge >= 0.3 is 0 Å². The fourth-order valence-electron chi connectivity index (χ4n) is 3.27. The van der Waals surface area contributed by atoms with E-state index in [0.717, 1.165) is 22.2 Å². The van der Waals surface area contributed by atoms with Crippen molar-refractivity contribution < 1.29 is 9.21 Å². The Labute approximate surface area is 151 Å². The van der Waals surface area contributed by atoms with Crippen LogP contribution in [0.1, 0.15) is 40.7 Å². The number of H-pyrrole nitrogens is 1. The van der Waals surface area contributed by atoms with Crippen molar-refractivity contribution in [2.45, 2.75) is 19.0 Å². The molecule has 0 bridgehead atoms. The molecule has 130 valence electrons. The maximum atomic E-state index is 13.4. The van der Waals surface area contributed by atoms with Crippen LogP contribution in [0.3, 0.4) is 0 Å². The lowest BCUT2D eigenvalue weighted by molar-refractivity contribution is 0.0936. The summed E-state index contributed by atoms with van der Waals surface area (Å²) in [7, 11) is 0. The number of aromatic amines is 1. The molecule has 0 saturated carbocycles. The second-order valence-electron chi connectivity index (χ2n) is 6.36. The van der Waals surface area contributed by atoms with Gasteiger partial charge in [0.15, 0.2) is 5.78 Å². The molecule has 0 aliphatic heterocycles. The summed E-state index contributed by atoms with van der Waals surface area (Å²) in [4.78, 5) is 16.6. The molecule has 2 heterocycles. The minimum absolute atomic E-state index is 0.0343. The van der Waals surface area contributed by atoms with E-state index in [1.165, 1.54) is 0 Å². The SMILES string of the molecule is CC(NC(C(=O)c1c[nH]c2ccccc12)c1ccccc1)c1ccco1. The van der Waals surface area contributed by atoms with Gasteiger partial charge in [-0.05, 0) is 30.7 Å². The molecular weight excluding hydrogens is 324 g/mol. The third-order valence-corrected chi connectivity index (χ3v) is 4.64. The average molecular weight is 344 g/mol. The van der Waals surface area contributed by atoms with Crippen molar-refractivity contribution in [3.63, 3.8) is 0 Å². The number of carbonyl (C=O) groups is 1. The van der Waals surface area contributed by atoms with Gasteiger partial charge in [-0.25, -0.2) is 0 Å². The van der Waals surface area contributed by atoms with Crippen LogP contribution in [0.15, 0.2) is 83.6 Å². The molecule has 2 N–H and O–H groups in total. The third kappa shape index (κ3) is 3.07. The van der Waals surface area contributed by atoms with E-state index in [1.807, 2.05) is 73.7 Å². The van der Waals surface area contributed by atoms with E-state index in [4.69, 9.17) is 4.42 Å². The fraction of sp³-hybridized carbons (Fsp3) is 0.136. The van der Waals surface area contributed by atoms with Crippen LogP contribution >= 0.6 is 0 Å². The van der Waals surface area contributed by atoms with E-state index in [2.05, 4.69) is 10.3 Å². The molecule has 2 unspecified atom stereocenters. The van der Waals surface area contributed by atoms with Crippen LogP contribution in [0.2, 0.25) is 0 Å². The monoisotopic (exact) mass is 344 g/mol. The maximum Gasteiger partial charge on any atom is 0.186 e. The van der Waals surface area contributed by atoms with Crippen molar-refractivity contribution in [2.75, 3.05) is 0 Å². The molecule has 2 atom stereocenters. The molecule has 2 aromatic heterocycles. The van der Waals surface area contributed by atoms with Gasteiger partial charge < -0.3 is 9.40 Å². The summed E-state index contributed by atoms with van der Waals surface area (Å²) in [5.74, 6) is 0.838. The standard InChI is InChI=1S/C22H20N2O2/c1-15(20-12-7-13-26-20)24-21(16-8-3-2-4-9-16)22(25)18-14-23-19-11-6-5-10-17(18)19/h2-15,21,23-24H,1H3. The zero-order valence-electron chi connectivity index (χ0n) is 14.5. The van der Waals surface area contributed by atoms with Crippen molar-refractivity contribution in [1.29, 1.82) is 0 Å². The van der Waals surface area contributed by atoms with Crippen LogP contribution in [0, 0.1) is 0 Å². The largest absolute Gasteiger partial charge is 0.468 e. The second-order valence-corrected chi connectivity index (χ2v) is 6.36. The Morgan fingerprint density at radius 3 is 2.54 bits per heavy atom. The summed E-state index contributed by atoms with van der Waals surface area (Å²) in [5, 5.41) is 4.37. The summed E-state index contributed by atoms with van der Waals surface area (Å²) in [6.45, 7) is 2.00. The first-order valence-corrected chi connectivity index (χ1v) is 8.69. The Kier molecular flexibility index (Phi) is 4.42. The van der Waals surface area contributed by atoms with Crippen LogP contribution in [-0.4, -0.2) is 10.8 Å². The Hall–Kier alpha value is -3.11. The Bertz CT molecular complexity index is 1000. The molecule has 0 spiro atoms. The molecule has 4 aromatic rings. The minimum atomic E-state index is -0.462. The van der Waals surface area contributed by atoms with Gasteiger partial charge in [-0.1, -0.05) is 48.5 Å². The summed E-state index contributed by atoms with van der Waals surface area (Å²) >= 11 is 0. The van der Waals surface area contributed by atoms with E-state index in [1.54, 1.807) is 12.5 Å². The second kappa shape index (κ2) is 7.02. The smallest absolute Gasteiger partial charge is 0.186 e. The number of ketones is 1. The summed E-state index contributed by atoms with van der Waals surface area (Å²) < 4.78 is 5.49. The first kappa shape index (κ1) is 16.4. The van der Waals surface area contributed by atoms with E-state index in [9.17, 15) is 4.79 Å². The van der Waals surface area contributed by atoms with Gasteiger partial charge in [-0.2, -0.15) is 0 Å². The van der Waals surface area contributed by atoms with Crippen molar-refractivity contribution in [1.82, 2.24) is 10.3 Å². The highest BCUT2D eigenvalue weighted by Gasteiger charge is 2.26. The van der Waals surface area contributed by atoms with Gasteiger partial charge in [0, 0.05) is 22.7 Å². The Morgan fingerprint density at radius 1 is 1.00 bits per heavy atom. The Balaban J connectivity index is 1.71. The van der Waals surface area contributed by atoms with Crippen LogP contribution in [-0.2, 0) is 0 Å². The van der Waals surface area contributed by atoms with Crippen LogP contribution in [0.25, 0.3) is 10.9 Å². The lowest BCUT2D eigenvalue weighted by atomic mass is 9.96. The van der Waals surface area contributed by atoms with E-state index >= 15 is 0 Å². The molecule has 0 fully saturated rings. The molecule has 0 saturated heterocycles. The lowest BCUT2D eigenvalue weighted by Gasteiger charge is -2.21. The summed E-state index contributed by atoms with van der Waals surface area (Å²) in [6, 6.07) is 20.9. The number of furan rings is 1. The predicted molar refractivity (Wildman–Crippen MR) is 102 cm³/mol. The third-order valence-electron chi connectivity index (χ3n) is 4.64. The number of hydrogen-bond donors (Lipinski definition) is 2. The molecule has 0 aliphatic rings. The zero-order chi connectivity index (χ0) is 17.9. The number of Topliss-reactive ketones (excluding diaryl/α,β-unsaturated/α-hetero) is 1. The number of fused-ring (bicyclic) bond motifs is 1. The molecule has 4 heteroatoms. The van der Waals surface area contributed by atoms with Crippen LogP contribution < -0.4 is 5.32 Å². The molecule has 4 rings (SSSR count). The topological polar surface area (TPSA) is 58.0 Å². The molecule has 2 aromatic carbocycles. The van der Waals surface area contributed by atoms with Crippen molar-refractivity contribution >= 4 is 16.7 Å². The number of aromatic nitrogens is 1. The van der Waals surface area contributed by atoms with Gasteiger partial charge in [0.1, 0.15) is 5.76 Å². The average Bonchev–Trinajstić information content (AvgIpc) is 3.36. The number of para-hydroxylation sites is 1. The minimum Gasteiger partial charge on any atom is -0.468 e. The van der Waals surface area contributed by atoms with Crippen molar-refractivity contribution in [3.8, 4) is 0 Å². The van der Waals surface area contributed by atoms with Crippen LogP contribution in [0.4, 0.5) is 0 Å². The van der Waals surface area contributed by atoms with Crippen molar-refractivity contribution in [2.24, 2.45) is 0 Å². The van der Waals surface area contributed by atoms with E-state index in [-0.39, 0.29) is 11.8 Å². The highest BCUT2D eigenvalue weighted by Crippen LogP contribution is 2.27. The van der Waals surface area contributed by atoms with Gasteiger partial charge in [0.25, 0.3) is 0 Å².